The van der Waals surface area contributed by atoms with E-state index in [0.717, 1.165) is 42.8 Å². The molecule has 120 valence electrons. The van der Waals surface area contributed by atoms with Gasteiger partial charge in [-0.05, 0) is 32.3 Å². The summed E-state index contributed by atoms with van der Waals surface area (Å²) < 4.78 is 0. The third-order valence-corrected chi connectivity index (χ3v) is 4.68. The molecule has 5 nitrogen and oxygen atoms in total. The van der Waals surface area contributed by atoms with E-state index in [9.17, 15) is 5.26 Å². The van der Waals surface area contributed by atoms with E-state index in [-0.39, 0.29) is 0 Å². The second-order valence-electron chi connectivity index (χ2n) is 6.10. The van der Waals surface area contributed by atoms with Gasteiger partial charge in [0.2, 0.25) is 0 Å². The van der Waals surface area contributed by atoms with Crippen molar-refractivity contribution in [3.05, 3.63) is 35.0 Å². The lowest BCUT2D eigenvalue weighted by molar-refractivity contribution is 0.122. The van der Waals surface area contributed by atoms with Gasteiger partial charge < -0.3 is 10.2 Å². The molecule has 0 aliphatic carbocycles. The predicted octanol–water partition coefficient (Wildman–Crippen LogP) is 2.42. The van der Waals surface area contributed by atoms with Crippen molar-refractivity contribution in [3.63, 3.8) is 0 Å². The number of pyridine rings is 1. The van der Waals surface area contributed by atoms with Crippen molar-refractivity contribution in [2.75, 3.05) is 45.6 Å². The van der Waals surface area contributed by atoms with Gasteiger partial charge in [-0.3, -0.25) is 9.88 Å². The number of fused-ring (bicyclic) bond motifs is 1. The minimum absolute atomic E-state index is 0.405. The Balaban J connectivity index is 1.89. The van der Waals surface area contributed by atoms with Crippen molar-refractivity contribution in [2.45, 2.75) is 6.04 Å². The number of likely N-dealkylation sites (N-methyl/N-ethyl adjacent to an activating group) is 2. The average molecular weight is 330 g/mol. The van der Waals surface area contributed by atoms with Gasteiger partial charge >= 0.3 is 0 Å². The van der Waals surface area contributed by atoms with Gasteiger partial charge in [-0.2, -0.15) is 5.26 Å². The van der Waals surface area contributed by atoms with Crippen LogP contribution in [0.4, 0.5) is 5.69 Å². The summed E-state index contributed by atoms with van der Waals surface area (Å²) in [4.78, 5) is 9.02. The Hall–Kier alpha value is -1.87. The Morgan fingerprint density at radius 3 is 3.00 bits per heavy atom. The smallest absolute Gasteiger partial charge is 0.103 e. The first-order valence-electron chi connectivity index (χ1n) is 7.69. The van der Waals surface area contributed by atoms with Crippen LogP contribution >= 0.6 is 11.6 Å². The first kappa shape index (κ1) is 16.0. The zero-order valence-corrected chi connectivity index (χ0v) is 14.1. The summed E-state index contributed by atoms with van der Waals surface area (Å²) in [5, 5.41) is 14.4. The Morgan fingerprint density at radius 2 is 2.22 bits per heavy atom. The van der Waals surface area contributed by atoms with E-state index >= 15 is 0 Å². The Morgan fingerprint density at radius 1 is 1.39 bits per heavy atom. The fraction of sp³-hybridized carbons (Fsp3) is 0.412. The predicted molar refractivity (Wildman–Crippen MR) is 93.9 cm³/mol. The normalized spacial score (nSPS) is 19.7. The highest BCUT2D eigenvalue weighted by molar-refractivity contribution is 6.31. The van der Waals surface area contributed by atoms with Crippen LogP contribution in [-0.2, 0) is 0 Å². The topological polar surface area (TPSA) is 55.2 Å². The number of aromatic nitrogens is 1. The standard InChI is InChI=1S/C17H20ClN5/c1-22-5-6-23(2)14(11-22)10-21-17-12(8-19)9-20-16-4-3-13(18)7-15(16)17/h3-4,7,9,14H,5-6,10-11H2,1-2H3,(H,20,21)/t14-/m0/s1. The van der Waals surface area contributed by atoms with Crippen molar-refractivity contribution in [1.29, 1.82) is 5.26 Å². The van der Waals surface area contributed by atoms with Crippen LogP contribution in [0.5, 0.6) is 0 Å². The highest BCUT2D eigenvalue weighted by Crippen LogP contribution is 2.28. The minimum Gasteiger partial charge on any atom is -0.382 e. The number of anilines is 1. The van der Waals surface area contributed by atoms with E-state index in [4.69, 9.17) is 11.6 Å². The van der Waals surface area contributed by atoms with Crippen molar-refractivity contribution in [3.8, 4) is 6.07 Å². The molecular formula is C17H20ClN5. The fourth-order valence-electron chi connectivity index (χ4n) is 2.98. The summed E-state index contributed by atoms with van der Waals surface area (Å²) in [5.74, 6) is 0. The summed E-state index contributed by atoms with van der Waals surface area (Å²) in [6.45, 7) is 3.93. The van der Waals surface area contributed by atoms with Gasteiger partial charge in [-0.25, -0.2) is 0 Å². The Labute approximate surface area is 141 Å². The molecule has 2 aromatic rings. The largest absolute Gasteiger partial charge is 0.382 e. The van der Waals surface area contributed by atoms with Crippen LogP contribution < -0.4 is 5.32 Å². The molecule has 1 saturated heterocycles. The summed E-state index contributed by atoms with van der Waals surface area (Å²) in [5.41, 5.74) is 2.21. The first-order valence-corrected chi connectivity index (χ1v) is 8.07. The number of benzene rings is 1. The van der Waals surface area contributed by atoms with E-state index < -0.39 is 0 Å². The molecule has 2 heterocycles. The van der Waals surface area contributed by atoms with E-state index in [2.05, 4.69) is 40.3 Å². The highest BCUT2D eigenvalue weighted by atomic mass is 35.5. The van der Waals surface area contributed by atoms with Crippen LogP contribution in [0.1, 0.15) is 5.56 Å². The molecule has 23 heavy (non-hydrogen) atoms. The first-order chi connectivity index (χ1) is 11.1. The number of nitriles is 1. The molecular weight excluding hydrogens is 310 g/mol. The van der Waals surface area contributed by atoms with Crippen LogP contribution in [0, 0.1) is 11.3 Å². The van der Waals surface area contributed by atoms with Crippen molar-refractivity contribution < 1.29 is 0 Å². The van der Waals surface area contributed by atoms with Crippen LogP contribution in [0.3, 0.4) is 0 Å². The Bertz CT molecular complexity index is 754. The van der Waals surface area contributed by atoms with Crippen LogP contribution in [0.15, 0.2) is 24.4 Å². The van der Waals surface area contributed by atoms with Crippen LogP contribution in [-0.4, -0.2) is 61.1 Å². The lowest BCUT2D eigenvalue weighted by Crippen LogP contribution is -2.52. The average Bonchev–Trinajstić information content (AvgIpc) is 2.55. The molecule has 0 radical (unpaired) electrons. The van der Waals surface area contributed by atoms with Gasteiger partial charge in [0.15, 0.2) is 0 Å². The number of hydrogen-bond acceptors (Lipinski definition) is 5. The maximum Gasteiger partial charge on any atom is 0.103 e. The van der Waals surface area contributed by atoms with E-state index in [1.807, 2.05) is 18.2 Å². The van der Waals surface area contributed by atoms with Gasteiger partial charge in [0.05, 0.1) is 16.8 Å². The van der Waals surface area contributed by atoms with Crippen LogP contribution in [0.25, 0.3) is 10.9 Å². The lowest BCUT2D eigenvalue weighted by atomic mass is 10.1. The van der Waals surface area contributed by atoms with E-state index in [1.54, 1.807) is 6.20 Å². The second kappa shape index (κ2) is 6.71. The van der Waals surface area contributed by atoms with Gasteiger partial charge in [-0.1, -0.05) is 11.6 Å². The Kier molecular flexibility index (Phi) is 4.67. The molecule has 3 rings (SSSR count). The number of nitrogens with zero attached hydrogens (tertiary/aromatic N) is 4. The number of rotatable bonds is 3. The number of nitrogens with one attached hydrogen (secondary N) is 1. The van der Waals surface area contributed by atoms with E-state index in [0.29, 0.717) is 16.6 Å². The lowest BCUT2D eigenvalue weighted by Gasteiger charge is -2.38. The molecule has 0 saturated carbocycles. The molecule has 1 N–H and O–H groups in total. The number of piperazine rings is 1. The zero-order chi connectivity index (χ0) is 16.4. The van der Waals surface area contributed by atoms with Gasteiger partial charge in [0, 0.05) is 48.8 Å². The SMILES string of the molecule is CN1CCN(C)[C@@H](CNc2c(C#N)cnc3ccc(Cl)cc23)C1. The molecule has 1 aromatic carbocycles. The highest BCUT2D eigenvalue weighted by Gasteiger charge is 2.22. The molecule has 1 atom stereocenters. The van der Waals surface area contributed by atoms with Crippen molar-refractivity contribution >= 4 is 28.2 Å². The second-order valence-corrected chi connectivity index (χ2v) is 6.53. The zero-order valence-electron chi connectivity index (χ0n) is 13.4. The van der Waals surface area contributed by atoms with Crippen molar-refractivity contribution in [2.24, 2.45) is 0 Å². The van der Waals surface area contributed by atoms with Crippen molar-refractivity contribution in [1.82, 2.24) is 14.8 Å². The maximum absolute atomic E-state index is 9.40. The van der Waals surface area contributed by atoms with E-state index in [1.165, 1.54) is 0 Å². The molecule has 0 bridgehead atoms. The summed E-state index contributed by atoms with van der Waals surface area (Å²) in [6.07, 6.45) is 1.62. The van der Waals surface area contributed by atoms with Crippen LogP contribution in [0.2, 0.25) is 5.02 Å². The minimum atomic E-state index is 0.405. The fourth-order valence-corrected chi connectivity index (χ4v) is 3.15. The molecule has 1 fully saturated rings. The number of halogens is 1. The van der Waals surface area contributed by atoms with Gasteiger partial charge in [0.1, 0.15) is 6.07 Å². The quantitative estimate of drug-likeness (QED) is 0.937. The molecule has 1 aliphatic rings. The molecule has 0 spiro atoms. The molecule has 1 aliphatic heterocycles. The third kappa shape index (κ3) is 3.40. The molecule has 6 heteroatoms. The van der Waals surface area contributed by atoms with Gasteiger partial charge in [-0.15, -0.1) is 0 Å². The molecule has 0 unspecified atom stereocenters. The summed E-state index contributed by atoms with van der Waals surface area (Å²) in [6, 6.07) is 8.19. The number of hydrogen-bond donors (Lipinski definition) is 1. The molecule has 0 amide bonds. The third-order valence-electron chi connectivity index (χ3n) is 4.45. The van der Waals surface area contributed by atoms with Gasteiger partial charge in [0.25, 0.3) is 0 Å². The molecule has 1 aromatic heterocycles. The summed E-state index contributed by atoms with van der Waals surface area (Å²) in [7, 11) is 4.29. The monoisotopic (exact) mass is 329 g/mol. The summed E-state index contributed by atoms with van der Waals surface area (Å²) >= 11 is 6.12. The maximum atomic E-state index is 9.40.